The van der Waals surface area contributed by atoms with Crippen LogP contribution in [-0.4, -0.2) is 84.3 Å². The van der Waals surface area contributed by atoms with E-state index in [9.17, 15) is 4.79 Å². The van der Waals surface area contributed by atoms with Crippen molar-refractivity contribution in [3.05, 3.63) is 18.2 Å². The van der Waals surface area contributed by atoms with Crippen LogP contribution >= 0.6 is 0 Å². The van der Waals surface area contributed by atoms with Crippen LogP contribution in [0.5, 0.6) is 0 Å². The minimum absolute atomic E-state index is 0.0274. The minimum Gasteiger partial charge on any atom is -0.383 e. The number of likely N-dealkylation sites (tertiary alicyclic amines) is 1. The number of carbonyl (C=O) groups excluding carboxylic acids is 1. The molecule has 2 unspecified atom stereocenters. The lowest BCUT2D eigenvalue weighted by atomic mass is 10.0. The molecule has 2 aliphatic heterocycles. The maximum Gasteiger partial charge on any atom is 0.271 e. The van der Waals surface area contributed by atoms with E-state index in [1.165, 1.54) is 0 Å². The number of hydrogen-bond acceptors (Lipinski definition) is 5. The van der Waals surface area contributed by atoms with Gasteiger partial charge in [0.2, 0.25) is 0 Å². The highest BCUT2D eigenvalue weighted by Crippen LogP contribution is 2.24. The number of ether oxygens (including phenoxy) is 2. The Kier molecular flexibility index (Phi) is 5.07. The van der Waals surface area contributed by atoms with Crippen LogP contribution in [-0.2, 0) is 9.47 Å². The second kappa shape index (κ2) is 7.21. The highest BCUT2D eigenvalue weighted by Gasteiger charge is 2.35. The molecule has 3 rings (SSSR count). The number of rotatable bonds is 4. The second-order valence-electron chi connectivity index (χ2n) is 5.84. The molecule has 0 aliphatic carbocycles. The van der Waals surface area contributed by atoms with Gasteiger partial charge >= 0.3 is 0 Å². The first kappa shape index (κ1) is 15.5. The third-order valence-corrected chi connectivity index (χ3v) is 4.59. The minimum atomic E-state index is 0.0274. The maximum absolute atomic E-state index is 12.5. The lowest BCUT2D eigenvalue weighted by Gasteiger charge is -2.40. The molecule has 0 aromatic carbocycles. The number of hydrogen-bond donors (Lipinski definition) is 1. The molecule has 22 heavy (non-hydrogen) atoms. The van der Waals surface area contributed by atoms with E-state index in [0.29, 0.717) is 11.7 Å². The van der Waals surface area contributed by atoms with E-state index in [0.717, 1.165) is 52.2 Å². The molecule has 1 aromatic rings. The van der Waals surface area contributed by atoms with Crippen molar-refractivity contribution in [2.75, 3.05) is 46.5 Å². The van der Waals surface area contributed by atoms with E-state index in [4.69, 9.17) is 9.47 Å². The molecular formula is C15H24N4O3. The Balaban J connectivity index is 1.64. The van der Waals surface area contributed by atoms with E-state index < -0.39 is 0 Å². The fourth-order valence-electron chi connectivity index (χ4n) is 3.39. The Bertz CT molecular complexity index is 479. The number of imidazole rings is 1. The van der Waals surface area contributed by atoms with Gasteiger partial charge < -0.3 is 19.4 Å². The number of aromatic nitrogens is 2. The van der Waals surface area contributed by atoms with Crippen molar-refractivity contribution in [2.24, 2.45) is 0 Å². The summed E-state index contributed by atoms with van der Waals surface area (Å²) in [5.74, 6) is 0.0274. The van der Waals surface area contributed by atoms with Gasteiger partial charge in [0.1, 0.15) is 5.69 Å². The molecule has 0 bridgehead atoms. The summed E-state index contributed by atoms with van der Waals surface area (Å²) in [7, 11) is 1.73. The lowest BCUT2D eigenvalue weighted by molar-refractivity contribution is -0.0761. The Labute approximate surface area is 130 Å². The average molecular weight is 308 g/mol. The van der Waals surface area contributed by atoms with Crippen molar-refractivity contribution in [3.63, 3.8) is 0 Å². The predicted octanol–water partition coefficient (Wildman–Crippen LogP) is 0.362. The topological polar surface area (TPSA) is 70.7 Å². The Morgan fingerprint density at radius 1 is 1.45 bits per heavy atom. The van der Waals surface area contributed by atoms with Gasteiger partial charge in [-0.2, -0.15) is 0 Å². The monoisotopic (exact) mass is 308 g/mol. The predicted molar refractivity (Wildman–Crippen MR) is 80.7 cm³/mol. The van der Waals surface area contributed by atoms with Gasteiger partial charge in [0.15, 0.2) is 0 Å². The summed E-state index contributed by atoms with van der Waals surface area (Å²) < 4.78 is 11.2. The fourth-order valence-corrected chi connectivity index (χ4v) is 3.39. The molecule has 0 saturated carbocycles. The number of nitrogens with zero attached hydrogens (tertiary/aromatic N) is 3. The number of methoxy groups -OCH3 is 1. The number of morpholine rings is 1. The summed E-state index contributed by atoms with van der Waals surface area (Å²) in [5.41, 5.74) is 0.557. The summed E-state index contributed by atoms with van der Waals surface area (Å²) in [6, 6.07) is 0.378. The van der Waals surface area contributed by atoms with Crippen molar-refractivity contribution in [1.29, 1.82) is 0 Å². The number of aromatic amines is 1. The van der Waals surface area contributed by atoms with Gasteiger partial charge in [-0.05, 0) is 12.8 Å². The number of amides is 1. The Morgan fingerprint density at radius 2 is 2.32 bits per heavy atom. The maximum atomic E-state index is 12.5. The van der Waals surface area contributed by atoms with E-state index in [-0.39, 0.29) is 12.0 Å². The number of H-pyrrole nitrogens is 1. The highest BCUT2D eigenvalue weighted by atomic mass is 16.5. The highest BCUT2D eigenvalue weighted by molar-refractivity contribution is 5.92. The van der Waals surface area contributed by atoms with E-state index in [2.05, 4.69) is 14.9 Å². The van der Waals surface area contributed by atoms with Crippen molar-refractivity contribution in [2.45, 2.75) is 25.0 Å². The molecule has 2 fully saturated rings. The molecule has 0 spiro atoms. The molecule has 7 nitrogen and oxygen atoms in total. The quantitative estimate of drug-likeness (QED) is 0.870. The summed E-state index contributed by atoms with van der Waals surface area (Å²) in [6.45, 7) is 4.86. The molecule has 3 heterocycles. The number of fused-ring (bicyclic) bond motifs is 1. The molecule has 1 N–H and O–H groups in total. The first-order valence-electron chi connectivity index (χ1n) is 7.92. The van der Waals surface area contributed by atoms with Crippen LogP contribution in [0.15, 0.2) is 12.5 Å². The lowest BCUT2D eigenvalue weighted by Crippen LogP contribution is -2.52. The van der Waals surface area contributed by atoms with Crippen LogP contribution < -0.4 is 0 Å². The van der Waals surface area contributed by atoms with Crippen molar-refractivity contribution in [3.8, 4) is 0 Å². The molecule has 0 radical (unpaired) electrons. The van der Waals surface area contributed by atoms with Crippen LogP contribution in [0, 0.1) is 0 Å². The molecule has 1 amide bonds. The van der Waals surface area contributed by atoms with Gasteiger partial charge in [-0.25, -0.2) is 4.98 Å². The normalized spacial score (nSPS) is 26.5. The zero-order valence-corrected chi connectivity index (χ0v) is 13.0. The largest absolute Gasteiger partial charge is 0.383 e. The third kappa shape index (κ3) is 3.31. The molecule has 1 aromatic heterocycles. The van der Waals surface area contributed by atoms with E-state index >= 15 is 0 Å². The molecule has 122 valence electrons. The van der Waals surface area contributed by atoms with Gasteiger partial charge in [-0.1, -0.05) is 0 Å². The fraction of sp³-hybridized carbons (Fsp3) is 0.733. The standard InChI is InChI=1S/C15H24N4O3/c1-21-8-6-18-7-9-22-14-3-5-19(4-2-13(14)18)15(20)12-10-16-11-17-12/h10-11,13-14H,2-9H2,1H3,(H,16,17). The first-order chi connectivity index (χ1) is 10.8. The number of nitrogens with one attached hydrogen (secondary N) is 1. The molecule has 2 aliphatic rings. The Morgan fingerprint density at radius 3 is 3.09 bits per heavy atom. The average Bonchev–Trinajstić information content (AvgIpc) is 2.99. The smallest absolute Gasteiger partial charge is 0.271 e. The van der Waals surface area contributed by atoms with Crippen LogP contribution in [0.25, 0.3) is 0 Å². The van der Waals surface area contributed by atoms with Gasteiger partial charge in [-0.15, -0.1) is 0 Å². The van der Waals surface area contributed by atoms with Crippen LogP contribution in [0.2, 0.25) is 0 Å². The molecule has 2 saturated heterocycles. The summed E-state index contributed by atoms with van der Waals surface area (Å²) >= 11 is 0. The summed E-state index contributed by atoms with van der Waals surface area (Å²) in [4.78, 5) is 23.6. The van der Waals surface area contributed by atoms with Gasteiger partial charge in [-0.3, -0.25) is 9.69 Å². The molecule has 7 heteroatoms. The molecular weight excluding hydrogens is 284 g/mol. The van der Waals surface area contributed by atoms with Crippen LogP contribution in [0.3, 0.4) is 0 Å². The summed E-state index contributed by atoms with van der Waals surface area (Å²) in [5, 5.41) is 0. The SMILES string of the molecule is COCCN1CCOC2CCN(C(=O)c3cnc[nH]3)CCC21. The van der Waals surface area contributed by atoms with E-state index in [1.54, 1.807) is 19.6 Å². The zero-order valence-electron chi connectivity index (χ0n) is 13.0. The van der Waals surface area contributed by atoms with Crippen molar-refractivity contribution >= 4 is 5.91 Å². The van der Waals surface area contributed by atoms with Crippen molar-refractivity contribution < 1.29 is 14.3 Å². The van der Waals surface area contributed by atoms with Gasteiger partial charge in [0.05, 0.1) is 31.8 Å². The van der Waals surface area contributed by atoms with Crippen LogP contribution in [0.1, 0.15) is 23.3 Å². The van der Waals surface area contributed by atoms with Gasteiger partial charge in [0, 0.05) is 39.3 Å². The molecule has 2 atom stereocenters. The zero-order chi connectivity index (χ0) is 15.4. The first-order valence-corrected chi connectivity index (χ1v) is 7.92. The van der Waals surface area contributed by atoms with Crippen LogP contribution in [0.4, 0.5) is 0 Å². The van der Waals surface area contributed by atoms with Gasteiger partial charge in [0.25, 0.3) is 5.91 Å². The van der Waals surface area contributed by atoms with Crippen molar-refractivity contribution in [1.82, 2.24) is 19.8 Å². The third-order valence-electron chi connectivity index (χ3n) is 4.59. The second-order valence-corrected chi connectivity index (χ2v) is 5.84. The summed E-state index contributed by atoms with van der Waals surface area (Å²) in [6.07, 6.45) is 5.16. The Hall–Kier alpha value is -1.44. The number of carbonyl (C=O) groups is 1. The van der Waals surface area contributed by atoms with E-state index in [1.807, 2.05) is 4.90 Å².